The molecule has 3 N–H and O–H groups in total. The molecule has 3 aromatic rings. The van der Waals surface area contributed by atoms with Crippen molar-refractivity contribution in [1.29, 1.82) is 0 Å². The average Bonchev–Trinajstić information content (AvgIpc) is 2.87. The summed E-state index contributed by atoms with van der Waals surface area (Å²) in [7, 11) is -4.22. The summed E-state index contributed by atoms with van der Waals surface area (Å²) < 4.78 is 33.5. The third kappa shape index (κ3) is 6.56. The van der Waals surface area contributed by atoms with Gasteiger partial charge in [-0.1, -0.05) is 26.8 Å². The molecule has 0 radical (unpaired) electrons. The van der Waals surface area contributed by atoms with Crippen LogP contribution in [0.25, 0.3) is 11.3 Å². The second-order valence-corrected chi connectivity index (χ2v) is 11.4. The molecular weight excluding hydrogens is 490 g/mol. The highest BCUT2D eigenvalue weighted by molar-refractivity contribution is 7.90. The Morgan fingerprint density at radius 3 is 2.46 bits per heavy atom. The van der Waals surface area contributed by atoms with Crippen molar-refractivity contribution in [3.63, 3.8) is 0 Å². The van der Waals surface area contributed by atoms with Crippen LogP contribution in [0.15, 0.2) is 59.6 Å². The summed E-state index contributed by atoms with van der Waals surface area (Å²) in [6.45, 7) is 8.47. The quantitative estimate of drug-likeness (QED) is 0.435. The van der Waals surface area contributed by atoms with E-state index in [1.54, 1.807) is 12.1 Å². The predicted molar refractivity (Wildman–Crippen MR) is 148 cm³/mol. The highest BCUT2D eigenvalue weighted by Gasteiger charge is 2.27. The number of pyridine rings is 2. The van der Waals surface area contributed by atoms with Crippen molar-refractivity contribution in [3.05, 3.63) is 60.2 Å². The second-order valence-electron chi connectivity index (χ2n) is 9.80. The number of aromatic nitrogens is 2. The van der Waals surface area contributed by atoms with Gasteiger partial charge in [0.25, 0.3) is 15.9 Å². The van der Waals surface area contributed by atoms with Crippen LogP contribution < -0.4 is 20.1 Å². The molecule has 1 aliphatic rings. The Bertz CT molecular complexity index is 1360. The number of nitrogens with zero attached hydrogens (tertiary/aromatic N) is 3. The van der Waals surface area contributed by atoms with Crippen molar-refractivity contribution in [2.24, 2.45) is 11.8 Å². The lowest BCUT2D eigenvalue weighted by molar-refractivity contribution is 0.0981. The summed E-state index contributed by atoms with van der Waals surface area (Å²) in [6, 6.07) is 15.2. The molecule has 0 saturated carbocycles. The largest absolute Gasteiger partial charge is 0.493 e. The summed E-state index contributed by atoms with van der Waals surface area (Å²) in [5.41, 5.74) is 7.36. The fourth-order valence-electron chi connectivity index (χ4n) is 4.04. The number of nitrogens with one attached hydrogen (secondary N) is 1. The van der Waals surface area contributed by atoms with Crippen LogP contribution in [0.4, 0.5) is 11.6 Å². The Morgan fingerprint density at radius 1 is 1.11 bits per heavy atom. The lowest BCUT2D eigenvalue weighted by Gasteiger charge is -2.32. The predicted octanol–water partition coefficient (Wildman–Crippen LogP) is 4.61. The van der Waals surface area contributed by atoms with Gasteiger partial charge in [0.15, 0.2) is 5.03 Å². The number of piperidine rings is 1. The molecule has 1 saturated heterocycles. The minimum absolute atomic E-state index is 0. The molecule has 0 spiro atoms. The fraction of sp³-hybridized carbons (Fsp3) is 0.370. The number of rotatable bonds is 8. The van der Waals surface area contributed by atoms with Gasteiger partial charge in [0.05, 0.1) is 17.9 Å². The molecule has 2 aromatic heterocycles. The van der Waals surface area contributed by atoms with Crippen LogP contribution in [0, 0.1) is 11.8 Å². The maximum absolute atomic E-state index is 13.2. The van der Waals surface area contributed by atoms with E-state index in [1.165, 1.54) is 18.2 Å². The van der Waals surface area contributed by atoms with Crippen LogP contribution in [-0.4, -0.2) is 44.0 Å². The molecule has 10 heteroatoms. The van der Waals surface area contributed by atoms with E-state index in [4.69, 9.17) is 15.5 Å². The first-order valence-corrected chi connectivity index (χ1v) is 13.9. The van der Waals surface area contributed by atoms with Gasteiger partial charge in [-0.25, -0.2) is 14.7 Å². The summed E-state index contributed by atoms with van der Waals surface area (Å²) in [6.07, 6.45) is 1.92. The highest BCUT2D eigenvalue weighted by Crippen LogP contribution is 2.29. The van der Waals surface area contributed by atoms with Crippen molar-refractivity contribution in [2.75, 3.05) is 30.3 Å². The topological polar surface area (TPSA) is 128 Å². The normalized spacial score (nSPS) is 14.5. The fourth-order valence-corrected chi connectivity index (χ4v) is 4.98. The first-order valence-electron chi connectivity index (χ1n) is 12.4. The molecule has 0 bridgehead atoms. The van der Waals surface area contributed by atoms with Gasteiger partial charge >= 0.3 is 0 Å². The van der Waals surface area contributed by atoms with Crippen LogP contribution in [0.1, 0.15) is 46.8 Å². The number of carbonyl (C=O) groups is 1. The van der Waals surface area contributed by atoms with E-state index in [0.29, 0.717) is 30.0 Å². The van der Waals surface area contributed by atoms with Crippen molar-refractivity contribution in [3.8, 4) is 17.0 Å². The number of nitrogen functional groups attached to an aromatic ring is 1. The minimum atomic E-state index is -4.22. The lowest BCUT2D eigenvalue weighted by Crippen LogP contribution is -2.37. The number of anilines is 2. The van der Waals surface area contributed by atoms with Gasteiger partial charge in [0.2, 0.25) is 0 Å². The second kappa shape index (κ2) is 11.2. The van der Waals surface area contributed by atoms with Crippen LogP contribution in [0.3, 0.4) is 0 Å². The molecular formula is C27H37N5O4S. The molecule has 9 nitrogen and oxygen atoms in total. The number of ether oxygens (including phenoxy) is 1. The number of amides is 1. The standard InChI is InChI=1S/C27H33N5O4S.2H2/c1-18(2)17-36-21-9-7-20(8-10-21)23-12-11-22(26(29-23)32-15-13-19(3)14-16-32)27(33)31-37(34,35)25-6-4-5-24(28)30-25;;/h4-12,18-19H,13-17H2,1-3H3,(H2,28,30)(H,31,33);2*1H. The Morgan fingerprint density at radius 2 is 1.81 bits per heavy atom. The zero-order valence-electron chi connectivity index (χ0n) is 21.3. The smallest absolute Gasteiger partial charge is 0.281 e. The molecule has 3 heterocycles. The van der Waals surface area contributed by atoms with Crippen molar-refractivity contribution in [1.82, 2.24) is 14.7 Å². The number of benzene rings is 1. The number of carbonyl (C=O) groups excluding carboxylic acids is 1. The van der Waals surface area contributed by atoms with E-state index in [-0.39, 0.29) is 19.3 Å². The average molecular weight is 528 g/mol. The Kier molecular flexibility index (Phi) is 7.97. The van der Waals surface area contributed by atoms with Gasteiger partial charge in [-0.3, -0.25) is 4.79 Å². The Hall–Kier alpha value is -3.66. The van der Waals surface area contributed by atoms with Gasteiger partial charge in [0.1, 0.15) is 17.4 Å². The number of hydrogen-bond acceptors (Lipinski definition) is 8. The highest BCUT2D eigenvalue weighted by atomic mass is 32.2. The van der Waals surface area contributed by atoms with Gasteiger partial charge in [-0.15, -0.1) is 0 Å². The van der Waals surface area contributed by atoms with Crippen LogP contribution in [0.2, 0.25) is 0 Å². The molecule has 1 aromatic carbocycles. The SMILES string of the molecule is CC(C)COc1ccc(-c2ccc(C(=O)NS(=O)(=O)c3cccc(N)n3)c(N3CCC(C)CC3)n2)cc1.[HH].[HH]. The van der Waals surface area contributed by atoms with Gasteiger partial charge < -0.3 is 15.4 Å². The van der Waals surface area contributed by atoms with E-state index >= 15 is 0 Å². The minimum Gasteiger partial charge on any atom is -0.493 e. The molecule has 200 valence electrons. The zero-order valence-corrected chi connectivity index (χ0v) is 22.2. The first-order chi connectivity index (χ1) is 17.6. The van der Waals surface area contributed by atoms with E-state index in [1.807, 2.05) is 29.2 Å². The molecule has 1 fully saturated rings. The maximum atomic E-state index is 13.2. The number of sulfonamides is 1. The Labute approximate surface area is 221 Å². The molecule has 0 atom stereocenters. The molecule has 37 heavy (non-hydrogen) atoms. The lowest BCUT2D eigenvalue weighted by atomic mass is 9.98. The molecule has 1 amide bonds. The van der Waals surface area contributed by atoms with Crippen molar-refractivity contribution >= 4 is 27.6 Å². The van der Waals surface area contributed by atoms with Crippen molar-refractivity contribution < 1.29 is 20.8 Å². The van der Waals surface area contributed by atoms with Crippen LogP contribution >= 0.6 is 0 Å². The monoisotopic (exact) mass is 527 g/mol. The summed E-state index contributed by atoms with van der Waals surface area (Å²) >= 11 is 0. The van der Waals surface area contributed by atoms with Crippen LogP contribution in [0.5, 0.6) is 5.75 Å². The van der Waals surface area contributed by atoms with Gasteiger partial charge in [-0.05, 0) is 73.2 Å². The van der Waals surface area contributed by atoms with Gasteiger partial charge in [-0.2, -0.15) is 8.42 Å². The van der Waals surface area contributed by atoms with E-state index in [0.717, 1.165) is 37.2 Å². The van der Waals surface area contributed by atoms with E-state index < -0.39 is 15.9 Å². The molecule has 1 aliphatic heterocycles. The summed E-state index contributed by atoms with van der Waals surface area (Å²) in [4.78, 5) is 23.9. The summed E-state index contributed by atoms with van der Waals surface area (Å²) in [5, 5.41) is -0.321. The maximum Gasteiger partial charge on any atom is 0.281 e. The van der Waals surface area contributed by atoms with E-state index in [2.05, 4.69) is 30.5 Å². The molecule has 0 aliphatic carbocycles. The van der Waals surface area contributed by atoms with E-state index in [9.17, 15) is 13.2 Å². The molecule has 4 rings (SSSR count). The Balaban J connectivity index is 0.00000267. The number of hydrogen-bond donors (Lipinski definition) is 2. The number of nitrogens with two attached hydrogens (primary N) is 1. The summed E-state index contributed by atoms with van der Waals surface area (Å²) in [5.74, 6) is 1.51. The van der Waals surface area contributed by atoms with Crippen LogP contribution in [-0.2, 0) is 10.0 Å². The third-order valence-electron chi connectivity index (χ3n) is 6.18. The molecule has 0 unspecified atom stereocenters. The van der Waals surface area contributed by atoms with Gasteiger partial charge in [0, 0.05) is 21.5 Å². The zero-order chi connectivity index (χ0) is 26.6. The first kappa shape index (κ1) is 26.4. The van der Waals surface area contributed by atoms with Crippen molar-refractivity contribution in [2.45, 2.75) is 38.6 Å². The third-order valence-corrected chi connectivity index (χ3v) is 7.42.